The second-order valence-electron chi connectivity index (χ2n) is 7.67. The van der Waals surface area contributed by atoms with Crippen LogP contribution in [0, 0.1) is 3.95 Å². The molecule has 0 saturated carbocycles. The van der Waals surface area contributed by atoms with E-state index in [4.69, 9.17) is 17.0 Å². The quantitative estimate of drug-likeness (QED) is 0.273. The lowest BCUT2D eigenvalue weighted by atomic mass is 10.1. The summed E-state index contributed by atoms with van der Waals surface area (Å²) in [5.74, 6) is 0.930. The third-order valence-electron chi connectivity index (χ3n) is 5.40. The topological polar surface area (TPSA) is 75.8 Å². The number of hydrogen-bond donors (Lipinski definition) is 2. The van der Waals surface area contributed by atoms with Crippen LogP contribution < -0.4 is 10.1 Å². The normalized spacial score (nSPS) is 13.3. The fourth-order valence-corrected chi connectivity index (χ4v) is 4.94. The van der Waals surface area contributed by atoms with Crippen LogP contribution >= 0.6 is 23.6 Å². The average Bonchev–Trinajstić information content (AvgIpc) is 3.35. The molecule has 0 spiro atoms. The number of ether oxygens (including phenoxy) is 1. The molecule has 170 valence electrons. The largest absolute Gasteiger partial charge is 0.497 e. The van der Waals surface area contributed by atoms with Gasteiger partial charge in [0.25, 0.3) is 0 Å². The Morgan fingerprint density at radius 1 is 1.18 bits per heavy atom. The Hall–Kier alpha value is -3.23. The third-order valence-corrected chi connectivity index (χ3v) is 6.78. The van der Waals surface area contributed by atoms with Crippen molar-refractivity contribution in [2.75, 3.05) is 12.4 Å². The van der Waals surface area contributed by atoms with Crippen molar-refractivity contribution >= 4 is 58.7 Å². The molecule has 2 heterocycles. The summed E-state index contributed by atoms with van der Waals surface area (Å²) in [4.78, 5) is 17.3. The number of benzene rings is 2. The second kappa shape index (κ2) is 10.6. The van der Waals surface area contributed by atoms with Gasteiger partial charge in [-0.3, -0.25) is 14.4 Å². The summed E-state index contributed by atoms with van der Waals surface area (Å²) in [7, 11) is 1.61. The lowest BCUT2D eigenvalue weighted by molar-refractivity contribution is -0.116. The van der Waals surface area contributed by atoms with Crippen LogP contribution in [0.3, 0.4) is 0 Å². The first-order chi connectivity index (χ1) is 16.0. The first-order valence-corrected chi connectivity index (χ1v) is 12.0. The number of carbonyl (C=O) groups excluding carboxylic acids is 1. The number of para-hydroxylation sites is 1. The van der Waals surface area contributed by atoms with Gasteiger partial charge in [-0.25, -0.2) is 0 Å². The van der Waals surface area contributed by atoms with Crippen LogP contribution in [0.15, 0.2) is 53.5 Å². The smallest absolute Gasteiger partial charge is 0.224 e. The molecule has 1 amide bonds. The first-order valence-electron chi connectivity index (χ1n) is 10.8. The van der Waals surface area contributed by atoms with Crippen molar-refractivity contribution in [2.45, 2.75) is 32.2 Å². The zero-order valence-electron chi connectivity index (χ0n) is 18.3. The van der Waals surface area contributed by atoms with Crippen LogP contribution in [0.5, 0.6) is 11.6 Å². The SMILES string of the molecule is COc1ccc(NC(=O)CCCCCn2c(O)c(/C=C3/C=Nc4ccccc43)sc2=S)cc1. The molecular formula is C25H25N3O3S2. The van der Waals surface area contributed by atoms with Crippen molar-refractivity contribution in [1.29, 1.82) is 0 Å². The number of fused-ring (bicyclic) bond motifs is 1. The lowest BCUT2D eigenvalue weighted by Crippen LogP contribution is -2.11. The van der Waals surface area contributed by atoms with E-state index in [1.807, 2.05) is 60.8 Å². The van der Waals surface area contributed by atoms with Crippen molar-refractivity contribution in [2.24, 2.45) is 4.99 Å². The van der Waals surface area contributed by atoms with E-state index in [9.17, 15) is 9.90 Å². The molecular weight excluding hydrogens is 454 g/mol. The van der Waals surface area contributed by atoms with Gasteiger partial charge in [-0.1, -0.05) is 24.6 Å². The molecule has 8 heteroatoms. The van der Waals surface area contributed by atoms with Crippen LogP contribution in [0.2, 0.25) is 0 Å². The number of aromatic hydroxyl groups is 1. The maximum absolute atomic E-state index is 12.1. The number of rotatable bonds is 9. The molecule has 0 saturated heterocycles. The Kier molecular flexibility index (Phi) is 7.36. The minimum Gasteiger partial charge on any atom is -0.497 e. The van der Waals surface area contributed by atoms with E-state index in [1.54, 1.807) is 11.7 Å². The standard InChI is InChI=1S/C25H25N3O3S2/c1-31-19-12-10-18(11-13-19)27-23(29)9-3-2-6-14-28-24(30)22(33-25(28)32)15-17-16-26-21-8-5-4-7-20(17)21/h4-5,7-8,10-13,15-16,30H,2-3,6,9,14H2,1H3,(H,27,29)/b17-15-. The molecule has 0 aliphatic carbocycles. The minimum atomic E-state index is -0.0115. The van der Waals surface area contributed by atoms with E-state index >= 15 is 0 Å². The van der Waals surface area contributed by atoms with Gasteiger partial charge in [0.2, 0.25) is 11.8 Å². The molecule has 0 radical (unpaired) electrons. The number of thiazole rings is 1. The molecule has 0 bridgehead atoms. The summed E-state index contributed by atoms with van der Waals surface area (Å²) in [6, 6.07) is 15.2. The lowest BCUT2D eigenvalue weighted by Gasteiger charge is -2.07. The molecule has 1 aliphatic heterocycles. The minimum absolute atomic E-state index is 0.0115. The van der Waals surface area contributed by atoms with E-state index < -0.39 is 0 Å². The summed E-state index contributed by atoms with van der Waals surface area (Å²) < 4.78 is 7.52. The Labute approximate surface area is 201 Å². The number of nitrogens with one attached hydrogen (secondary N) is 1. The van der Waals surface area contributed by atoms with E-state index in [-0.39, 0.29) is 11.8 Å². The van der Waals surface area contributed by atoms with E-state index in [2.05, 4.69) is 10.3 Å². The van der Waals surface area contributed by atoms with E-state index in [1.165, 1.54) is 11.3 Å². The highest BCUT2D eigenvalue weighted by atomic mass is 32.1. The zero-order chi connectivity index (χ0) is 23.2. The molecule has 0 unspecified atom stereocenters. The molecule has 0 atom stereocenters. The molecule has 33 heavy (non-hydrogen) atoms. The van der Waals surface area contributed by atoms with Gasteiger partial charge in [0.05, 0.1) is 17.7 Å². The van der Waals surface area contributed by atoms with Gasteiger partial charge >= 0.3 is 0 Å². The van der Waals surface area contributed by atoms with E-state index in [0.29, 0.717) is 16.9 Å². The van der Waals surface area contributed by atoms with Crippen LogP contribution in [0.25, 0.3) is 11.6 Å². The summed E-state index contributed by atoms with van der Waals surface area (Å²) >= 11 is 6.87. The third kappa shape index (κ3) is 5.58. The van der Waals surface area contributed by atoms with Crippen molar-refractivity contribution in [1.82, 2.24) is 4.57 Å². The monoisotopic (exact) mass is 479 g/mol. The molecule has 0 fully saturated rings. The number of amides is 1. The number of methoxy groups -OCH3 is 1. The number of aliphatic imine (C=N–C) groups is 1. The van der Waals surface area contributed by atoms with Crippen LogP contribution in [-0.2, 0) is 11.3 Å². The molecule has 4 rings (SSSR count). The number of carbonyl (C=O) groups is 1. The van der Waals surface area contributed by atoms with Crippen LogP contribution in [-0.4, -0.2) is 28.9 Å². The Morgan fingerprint density at radius 3 is 2.76 bits per heavy atom. The van der Waals surface area contributed by atoms with Crippen LogP contribution in [0.4, 0.5) is 11.4 Å². The fraction of sp³-hybridized carbons (Fsp3) is 0.240. The van der Waals surface area contributed by atoms with Gasteiger partial charge in [0, 0.05) is 36.0 Å². The molecule has 6 nitrogen and oxygen atoms in total. The highest BCUT2D eigenvalue weighted by Crippen LogP contribution is 2.35. The number of allylic oxidation sites excluding steroid dienone is 1. The number of hydrogen-bond acceptors (Lipinski definition) is 6. The van der Waals surface area contributed by atoms with Crippen molar-refractivity contribution in [3.63, 3.8) is 0 Å². The Bertz CT molecular complexity index is 1260. The number of unbranched alkanes of at least 4 members (excludes halogenated alkanes) is 2. The fourth-order valence-electron chi connectivity index (χ4n) is 3.63. The zero-order valence-corrected chi connectivity index (χ0v) is 19.9. The molecule has 2 aromatic carbocycles. The number of anilines is 1. The maximum Gasteiger partial charge on any atom is 0.224 e. The summed E-state index contributed by atoms with van der Waals surface area (Å²) in [5, 5.41) is 13.6. The summed E-state index contributed by atoms with van der Waals surface area (Å²) in [6.45, 7) is 0.620. The predicted octanol–water partition coefficient (Wildman–Crippen LogP) is 6.45. The second-order valence-corrected chi connectivity index (χ2v) is 9.35. The van der Waals surface area contributed by atoms with Gasteiger partial charge in [0.1, 0.15) is 5.75 Å². The first kappa shape index (κ1) is 22.9. The number of nitrogens with zero attached hydrogens (tertiary/aromatic N) is 2. The van der Waals surface area contributed by atoms with Gasteiger partial charge in [-0.2, -0.15) is 0 Å². The number of aromatic nitrogens is 1. The van der Waals surface area contributed by atoms with Crippen LogP contribution in [0.1, 0.15) is 36.1 Å². The highest BCUT2D eigenvalue weighted by molar-refractivity contribution is 7.73. The molecule has 3 aromatic rings. The molecule has 1 aromatic heterocycles. The van der Waals surface area contributed by atoms with Gasteiger partial charge in [0.15, 0.2) is 3.95 Å². The van der Waals surface area contributed by atoms with Crippen molar-refractivity contribution in [3.8, 4) is 11.6 Å². The van der Waals surface area contributed by atoms with Gasteiger partial charge < -0.3 is 15.2 Å². The molecule has 1 aliphatic rings. The predicted molar refractivity (Wildman–Crippen MR) is 137 cm³/mol. The summed E-state index contributed by atoms with van der Waals surface area (Å²) in [6.07, 6.45) is 6.66. The van der Waals surface area contributed by atoms with Gasteiger partial charge in [-0.15, -0.1) is 11.3 Å². The van der Waals surface area contributed by atoms with E-state index in [0.717, 1.165) is 52.4 Å². The Balaban J connectivity index is 1.27. The highest BCUT2D eigenvalue weighted by Gasteiger charge is 2.15. The Morgan fingerprint density at radius 2 is 1.97 bits per heavy atom. The average molecular weight is 480 g/mol. The summed E-state index contributed by atoms with van der Waals surface area (Å²) in [5.41, 5.74) is 3.71. The van der Waals surface area contributed by atoms with Crippen molar-refractivity contribution in [3.05, 3.63) is 62.9 Å². The molecule has 2 N–H and O–H groups in total. The van der Waals surface area contributed by atoms with Crippen molar-refractivity contribution < 1.29 is 14.6 Å². The maximum atomic E-state index is 12.1. The van der Waals surface area contributed by atoms with Gasteiger partial charge in [-0.05, 0) is 61.5 Å².